The number of fused-ring (bicyclic) bond motifs is 3. The highest BCUT2D eigenvalue weighted by atomic mass is 32.2. The van der Waals surface area contributed by atoms with Crippen LogP contribution in [0.4, 0.5) is 10.5 Å². The van der Waals surface area contributed by atoms with Gasteiger partial charge in [-0.05, 0) is 77.5 Å². The molecule has 2 amide bonds. The van der Waals surface area contributed by atoms with Crippen molar-refractivity contribution in [1.82, 2.24) is 14.1 Å². The number of carbonyl (C=O) groups is 1. The van der Waals surface area contributed by atoms with E-state index in [1.165, 1.54) is 32.8 Å². The summed E-state index contributed by atoms with van der Waals surface area (Å²) >= 11 is 0. The molecule has 1 atom stereocenters. The average Bonchev–Trinajstić information content (AvgIpc) is 3.85. The van der Waals surface area contributed by atoms with E-state index in [9.17, 15) is 4.78 Å². The quantitative estimate of drug-likeness (QED) is 0.180. The summed E-state index contributed by atoms with van der Waals surface area (Å²) in [7, 11) is -4.08. The van der Waals surface area contributed by atoms with Gasteiger partial charge in [-0.3, -0.25) is 4.68 Å². The van der Waals surface area contributed by atoms with Crippen LogP contribution in [0.5, 0.6) is 0 Å². The van der Waals surface area contributed by atoms with Gasteiger partial charge in [-0.15, -0.1) is 0 Å². The minimum Gasteiger partial charge on any atom is -0.379 e. The Morgan fingerprint density at radius 1 is 0.792 bits per heavy atom. The number of hydrogen-bond acceptors (Lipinski definition) is 5. The van der Waals surface area contributed by atoms with Gasteiger partial charge in [0.15, 0.2) is 9.92 Å². The fourth-order valence-electron chi connectivity index (χ4n) is 8.07. The zero-order valence-electron chi connectivity index (χ0n) is 26.9. The topological polar surface area (TPSA) is 100 Å². The molecule has 8 rings (SSSR count). The van der Waals surface area contributed by atoms with E-state index in [0.29, 0.717) is 31.9 Å². The summed E-state index contributed by atoms with van der Waals surface area (Å²) in [6.07, 6.45) is 7.77. The van der Waals surface area contributed by atoms with Gasteiger partial charge in [-0.2, -0.15) is 5.10 Å². The van der Waals surface area contributed by atoms with Crippen LogP contribution in [0.1, 0.15) is 57.5 Å². The molecule has 0 radical (unpaired) electrons. The van der Waals surface area contributed by atoms with E-state index >= 15 is 9.00 Å². The molecule has 0 bridgehead atoms. The number of nitrogens with zero attached hydrogens (tertiary/aromatic N) is 3. The van der Waals surface area contributed by atoms with Gasteiger partial charge in [0.2, 0.25) is 0 Å². The number of nitrogens with one attached hydrogen (secondary N) is 2. The van der Waals surface area contributed by atoms with Crippen LogP contribution in [0.3, 0.4) is 0 Å². The highest BCUT2D eigenvalue weighted by Gasteiger charge is 2.51. The first-order valence-corrected chi connectivity index (χ1v) is 18.4. The molecule has 0 saturated carbocycles. The Kier molecular flexibility index (Phi) is 7.89. The Balaban J connectivity index is 1.42. The fourth-order valence-corrected chi connectivity index (χ4v) is 9.96. The van der Waals surface area contributed by atoms with Crippen molar-refractivity contribution >= 4 is 21.6 Å². The second kappa shape index (κ2) is 12.4. The van der Waals surface area contributed by atoms with Crippen LogP contribution in [-0.2, 0) is 58.8 Å². The number of aromatic nitrogens is 2. The molecule has 1 aliphatic heterocycles. The third kappa shape index (κ3) is 4.95. The first-order valence-electron chi connectivity index (χ1n) is 16.9. The van der Waals surface area contributed by atoms with Crippen LogP contribution in [0, 0.1) is 4.78 Å². The second-order valence-corrected chi connectivity index (χ2v) is 14.7. The SMILES string of the molecule is N=S(=O)(c1cnn2c1CCOCC2)N(C(=O)Nc1c2c(cc3c1CCC3)CCC2)C(c1ccccc1)(c1ccccc1)c1ccccc1. The Morgan fingerprint density at radius 2 is 1.33 bits per heavy atom. The molecule has 0 saturated heterocycles. The maximum atomic E-state index is 15.8. The van der Waals surface area contributed by atoms with Crippen molar-refractivity contribution in [2.75, 3.05) is 18.5 Å². The maximum Gasteiger partial charge on any atom is 0.336 e. The first-order chi connectivity index (χ1) is 23.5. The summed E-state index contributed by atoms with van der Waals surface area (Å²) in [5.74, 6) is 0. The molecule has 9 heteroatoms. The van der Waals surface area contributed by atoms with Crippen LogP contribution >= 0.6 is 0 Å². The highest BCUT2D eigenvalue weighted by molar-refractivity contribution is 7.90. The van der Waals surface area contributed by atoms with Gasteiger partial charge in [0, 0.05) is 12.1 Å². The van der Waals surface area contributed by atoms with Crippen molar-refractivity contribution in [2.24, 2.45) is 0 Å². The lowest BCUT2D eigenvalue weighted by molar-refractivity contribution is 0.138. The molecule has 2 heterocycles. The van der Waals surface area contributed by atoms with E-state index in [-0.39, 0.29) is 4.90 Å². The Hall–Kier alpha value is -4.73. The minimum atomic E-state index is -4.08. The van der Waals surface area contributed by atoms with Crippen molar-refractivity contribution in [1.29, 1.82) is 4.78 Å². The van der Waals surface area contributed by atoms with E-state index in [4.69, 9.17) is 4.74 Å². The molecule has 1 unspecified atom stereocenters. The smallest absolute Gasteiger partial charge is 0.336 e. The molecule has 1 aromatic heterocycles. The Bertz CT molecular complexity index is 1950. The van der Waals surface area contributed by atoms with E-state index in [1.807, 2.05) is 91.0 Å². The Morgan fingerprint density at radius 3 is 1.88 bits per heavy atom. The molecule has 8 nitrogen and oxygen atoms in total. The van der Waals surface area contributed by atoms with Gasteiger partial charge in [-0.1, -0.05) is 97.1 Å². The zero-order valence-corrected chi connectivity index (χ0v) is 27.7. The van der Waals surface area contributed by atoms with Crippen LogP contribution in [0.25, 0.3) is 0 Å². The summed E-state index contributed by atoms with van der Waals surface area (Å²) in [6, 6.07) is 30.9. The number of aryl methyl sites for hydroxylation is 2. The van der Waals surface area contributed by atoms with Crippen molar-refractivity contribution < 1.29 is 13.7 Å². The summed E-state index contributed by atoms with van der Waals surface area (Å²) < 4.78 is 34.7. The van der Waals surface area contributed by atoms with Gasteiger partial charge in [0.25, 0.3) is 0 Å². The van der Waals surface area contributed by atoms with E-state index in [0.717, 1.165) is 60.9 Å². The lowest BCUT2D eigenvalue weighted by atomic mass is 9.77. The maximum absolute atomic E-state index is 15.8. The van der Waals surface area contributed by atoms with E-state index in [1.54, 1.807) is 4.68 Å². The molecule has 4 aromatic carbocycles. The summed E-state index contributed by atoms with van der Waals surface area (Å²) in [4.78, 5) is 15.8. The molecule has 3 aliphatic rings. The first kappa shape index (κ1) is 30.6. The summed E-state index contributed by atoms with van der Waals surface area (Å²) in [5.41, 5.74) is 7.13. The lowest BCUT2D eigenvalue weighted by Gasteiger charge is -2.45. The van der Waals surface area contributed by atoms with Gasteiger partial charge in [-0.25, -0.2) is 18.1 Å². The molecule has 0 fully saturated rings. The number of rotatable bonds is 7. The largest absolute Gasteiger partial charge is 0.379 e. The minimum absolute atomic E-state index is 0.235. The van der Waals surface area contributed by atoms with Crippen molar-refractivity contribution in [3.05, 3.63) is 148 Å². The van der Waals surface area contributed by atoms with Crippen LogP contribution in [0.15, 0.2) is 108 Å². The third-order valence-corrected chi connectivity index (χ3v) is 12.1. The number of hydrogen-bond donors (Lipinski definition) is 2. The highest BCUT2D eigenvalue weighted by Crippen LogP contribution is 2.47. The fraction of sp³-hybridized carbons (Fsp3) is 0.282. The van der Waals surface area contributed by atoms with Crippen molar-refractivity contribution in [2.45, 2.75) is 61.9 Å². The molecular formula is C39H39N5O3S. The second-order valence-electron chi connectivity index (χ2n) is 12.8. The van der Waals surface area contributed by atoms with Crippen LogP contribution in [-0.4, -0.2) is 37.5 Å². The molecule has 2 aliphatic carbocycles. The van der Waals surface area contributed by atoms with E-state index < -0.39 is 21.5 Å². The number of ether oxygens (including phenoxy) is 1. The summed E-state index contributed by atoms with van der Waals surface area (Å²) in [5, 5.41) is 7.94. The number of anilines is 1. The standard InChI is InChI=1S/C39H39N5O3S/c40-48(46,36-27-41-43-23-25-47-24-22-35(36)43)44(38(45)42-37-33-20-10-12-28(33)26-29-13-11-21-34(29)37)39(30-14-4-1-5-15-30,31-16-6-2-7-17-31)32-18-8-3-9-19-32/h1-9,14-19,26-27,40H,10-13,20-25H2,(H,42,45). The molecule has 244 valence electrons. The lowest BCUT2D eigenvalue weighted by Crippen LogP contribution is -2.55. The normalized spacial score (nSPS) is 16.7. The zero-order chi connectivity index (χ0) is 32.7. The van der Waals surface area contributed by atoms with Crippen LogP contribution < -0.4 is 5.32 Å². The molecule has 0 spiro atoms. The third-order valence-electron chi connectivity index (χ3n) is 10.2. The van der Waals surface area contributed by atoms with Gasteiger partial charge in [0.1, 0.15) is 10.4 Å². The number of carbonyl (C=O) groups excluding carboxylic acids is 1. The molecule has 48 heavy (non-hydrogen) atoms. The number of urea groups is 1. The molecular weight excluding hydrogens is 619 g/mol. The van der Waals surface area contributed by atoms with Crippen molar-refractivity contribution in [3.63, 3.8) is 0 Å². The number of amides is 2. The van der Waals surface area contributed by atoms with Gasteiger partial charge in [0.05, 0.1) is 31.6 Å². The Labute approximate surface area is 281 Å². The summed E-state index contributed by atoms with van der Waals surface area (Å²) in [6.45, 7) is 1.38. The molecule has 5 aromatic rings. The van der Waals surface area contributed by atoms with Gasteiger partial charge < -0.3 is 10.1 Å². The average molecular weight is 658 g/mol. The van der Waals surface area contributed by atoms with Gasteiger partial charge >= 0.3 is 6.03 Å². The predicted octanol–water partition coefficient (Wildman–Crippen LogP) is 7.28. The monoisotopic (exact) mass is 657 g/mol. The van der Waals surface area contributed by atoms with Crippen LogP contribution in [0.2, 0.25) is 0 Å². The van der Waals surface area contributed by atoms with E-state index in [2.05, 4.69) is 16.5 Å². The predicted molar refractivity (Wildman–Crippen MR) is 186 cm³/mol. The number of benzene rings is 4. The van der Waals surface area contributed by atoms with Crippen molar-refractivity contribution in [3.8, 4) is 0 Å². The molecule has 2 N–H and O–H groups in total.